The van der Waals surface area contributed by atoms with Crippen LogP contribution in [0.2, 0.25) is 0 Å². The van der Waals surface area contributed by atoms with Gasteiger partial charge < -0.3 is 0 Å². The highest BCUT2D eigenvalue weighted by Gasteiger charge is 2.46. The molecule has 1 nitrogen and oxygen atoms in total. The molecule has 0 amide bonds. The van der Waals surface area contributed by atoms with Gasteiger partial charge in [-0.15, -0.1) is 0 Å². The third-order valence-corrected chi connectivity index (χ3v) is 4.45. The van der Waals surface area contributed by atoms with Gasteiger partial charge in [-0.3, -0.25) is 4.90 Å². The first-order chi connectivity index (χ1) is 7.31. The Morgan fingerprint density at radius 1 is 1.20 bits per heavy atom. The van der Waals surface area contributed by atoms with Crippen molar-refractivity contribution in [3.8, 4) is 0 Å². The monoisotopic (exact) mass is 201 g/mol. The molecule has 2 aliphatic heterocycles. The van der Waals surface area contributed by atoms with Crippen LogP contribution in [0.15, 0.2) is 30.3 Å². The van der Waals surface area contributed by atoms with Gasteiger partial charge in [-0.25, -0.2) is 0 Å². The largest absolute Gasteiger partial charge is 0.299 e. The molecular weight excluding hydrogens is 182 g/mol. The van der Waals surface area contributed by atoms with Crippen molar-refractivity contribution in [3.63, 3.8) is 0 Å². The van der Waals surface area contributed by atoms with Gasteiger partial charge in [-0.2, -0.15) is 0 Å². The van der Waals surface area contributed by atoms with E-state index < -0.39 is 0 Å². The van der Waals surface area contributed by atoms with E-state index in [1.165, 1.54) is 32.4 Å². The van der Waals surface area contributed by atoms with Crippen molar-refractivity contribution in [2.45, 2.75) is 37.6 Å². The lowest BCUT2D eigenvalue weighted by atomic mass is 9.75. The summed E-state index contributed by atoms with van der Waals surface area (Å²) in [5.74, 6) is 0. The minimum atomic E-state index is 0.414. The molecule has 0 aromatic heterocycles. The quantitative estimate of drug-likeness (QED) is 0.675. The summed E-state index contributed by atoms with van der Waals surface area (Å²) in [6, 6.07) is 11.9. The molecule has 0 N–H and O–H groups in total. The zero-order valence-corrected chi connectivity index (χ0v) is 9.45. The van der Waals surface area contributed by atoms with Gasteiger partial charge in [0.15, 0.2) is 0 Å². The molecule has 1 aromatic carbocycles. The molecule has 2 saturated heterocycles. The van der Waals surface area contributed by atoms with Gasteiger partial charge in [0.05, 0.1) is 0 Å². The number of rotatable bonds is 1. The molecule has 2 aliphatic rings. The van der Waals surface area contributed by atoms with E-state index in [2.05, 4.69) is 42.2 Å². The summed E-state index contributed by atoms with van der Waals surface area (Å²) in [4.78, 5) is 2.69. The third-order valence-electron chi connectivity index (χ3n) is 4.45. The van der Waals surface area contributed by atoms with Crippen LogP contribution in [-0.4, -0.2) is 24.0 Å². The molecule has 0 saturated carbocycles. The van der Waals surface area contributed by atoms with Gasteiger partial charge in [-0.05, 0) is 37.9 Å². The Morgan fingerprint density at radius 3 is 2.80 bits per heavy atom. The van der Waals surface area contributed by atoms with E-state index in [9.17, 15) is 0 Å². The first-order valence-electron chi connectivity index (χ1n) is 6.10. The molecule has 2 fully saturated rings. The predicted molar refractivity (Wildman–Crippen MR) is 63.0 cm³/mol. The van der Waals surface area contributed by atoms with Crippen molar-refractivity contribution in [2.24, 2.45) is 0 Å². The molecular formula is C14H19N. The SMILES string of the molecule is CC1(c2ccccc2)CCN2CCCC21. The van der Waals surface area contributed by atoms with Crippen LogP contribution in [0.25, 0.3) is 0 Å². The zero-order chi connectivity index (χ0) is 10.3. The van der Waals surface area contributed by atoms with E-state index in [-0.39, 0.29) is 0 Å². The fourth-order valence-corrected chi connectivity index (χ4v) is 3.51. The molecule has 1 aromatic rings. The summed E-state index contributed by atoms with van der Waals surface area (Å²) in [6.45, 7) is 5.08. The van der Waals surface area contributed by atoms with Gasteiger partial charge in [0.2, 0.25) is 0 Å². The van der Waals surface area contributed by atoms with Crippen LogP contribution in [0.1, 0.15) is 31.7 Å². The molecule has 15 heavy (non-hydrogen) atoms. The van der Waals surface area contributed by atoms with E-state index in [1.807, 2.05) is 0 Å². The van der Waals surface area contributed by atoms with Crippen LogP contribution in [0.4, 0.5) is 0 Å². The Balaban J connectivity index is 1.97. The summed E-state index contributed by atoms with van der Waals surface area (Å²) in [5.41, 5.74) is 1.96. The van der Waals surface area contributed by atoms with Gasteiger partial charge in [0.1, 0.15) is 0 Å². The van der Waals surface area contributed by atoms with Crippen LogP contribution in [-0.2, 0) is 5.41 Å². The van der Waals surface area contributed by atoms with Crippen LogP contribution >= 0.6 is 0 Å². The Hall–Kier alpha value is -0.820. The average Bonchev–Trinajstić information content (AvgIpc) is 2.85. The maximum absolute atomic E-state index is 2.69. The minimum Gasteiger partial charge on any atom is -0.299 e. The standard InChI is InChI=1S/C14H19N/c1-14(12-6-3-2-4-7-12)9-11-15-10-5-8-13(14)15/h2-4,6-7,13H,5,8-11H2,1H3. The lowest BCUT2D eigenvalue weighted by molar-refractivity contribution is 0.274. The van der Waals surface area contributed by atoms with Crippen molar-refractivity contribution in [1.82, 2.24) is 4.90 Å². The van der Waals surface area contributed by atoms with Crippen molar-refractivity contribution in [1.29, 1.82) is 0 Å². The fourth-order valence-electron chi connectivity index (χ4n) is 3.51. The van der Waals surface area contributed by atoms with Gasteiger partial charge in [-0.1, -0.05) is 37.3 Å². The van der Waals surface area contributed by atoms with Crippen molar-refractivity contribution in [3.05, 3.63) is 35.9 Å². The molecule has 3 rings (SSSR count). The molecule has 2 unspecified atom stereocenters. The molecule has 1 heteroatoms. The maximum Gasteiger partial charge on any atom is 0.0190 e. The molecule has 0 spiro atoms. The predicted octanol–water partition coefficient (Wildman–Crippen LogP) is 2.81. The average molecular weight is 201 g/mol. The van der Waals surface area contributed by atoms with Crippen molar-refractivity contribution >= 4 is 0 Å². The maximum atomic E-state index is 2.69. The summed E-state index contributed by atoms with van der Waals surface area (Å²) in [5, 5.41) is 0. The number of nitrogens with zero attached hydrogens (tertiary/aromatic N) is 1. The third kappa shape index (κ3) is 1.33. The van der Waals surface area contributed by atoms with E-state index >= 15 is 0 Å². The minimum absolute atomic E-state index is 0.414. The second kappa shape index (κ2) is 3.34. The smallest absolute Gasteiger partial charge is 0.0190 e. The molecule has 0 aliphatic carbocycles. The summed E-state index contributed by atoms with van der Waals surface area (Å²) < 4.78 is 0. The van der Waals surface area contributed by atoms with Crippen LogP contribution in [0, 0.1) is 0 Å². The fraction of sp³-hybridized carbons (Fsp3) is 0.571. The Labute approximate surface area is 92.1 Å². The van der Waals surface area contributed by atoms with E-state index in [0.29, 0.717) is 5.41 Å². The first kappa shape index (κ1) is 9.41. The van der Waals surface area contributed by atoms with Crippen LogP contribution in [0.5, 0.6) is 0 Å². The van der Waals surface area contributed by atoms with E-state index in [1.54, 1.807) is 5.56 Å². The topological polar surface area (TPSA) is 3.24 Å². The van der Waals surface area contributed by atoms with E-state index in [0.717, 1.165) is 6.04 Å². The Bertz CT molecular complexity index is 346. The number of hydrogen-bond donors (Lipinski definition) is 0. The van der Waals surface area contributed by atoms with Gasteiger partial charge >= 0.3 is 0 Å². The zero-order valence-electron chi connectivity index (χ0n) is 9.45. The molecule has 2 heterocycles. The second-order valence-electron chi connectivity index (χ2n) is 5.23. The Morgan fingerprint density at radius 2 is 2.00 bits per heavy atom. The van der Waals surface area contributed by atoms with Gasteiger partial charge in [0, 0.05) is 11.5 Å². The number of fused-ring (bicyclic) bond motifs is 1. The van der Waals surface area contributed by atoms with Crippen LogP contribution in [0.3, 0.4) is 0 Å². The highest BCUT2D eigenvalue weighted by molar-refractivity contribution is 5.29. The highest BCUT2D eigenvalue weighted by atomic mass is 15.2. The Kier molecular flexibility index (Phi) is 2.10. The van der Waals surface area contributed by atoms with E-state index in [4.69, 9.17) is 0 Å². The summed E-state index contributed by atoms with van der Waals surface area (Å²) >= 11 is 0. The molecule has 0 radical (unpaired) electrons. The van der Waals surface area contributed by atoms with Gasteiger partial charge in [0.25, 0.3) is 0 Å². The normalized spacial score (nSPS) is 35.7. The lowest BCUT2D eigenvalue weighted by Gasteiger charge is -2.32. The first-order valence-corrected chi connectivity index (χ1v) is 6.10. The molecule has 0 bridgehead atoms. The highest BCUT2D eigenvalue weighted by Crippen LogP contribution is 2.44. The molecule has 80 valence electrons. The van der Waals surface area contributed by atoms with Crippen LogP contribution < -0.4 is 0 Å². The second-order valence-corrected chi connectivity index (χ2v) is 5.23. The number of benzene rings is 1. The molecule has 2 atom stereocenters. The summed E-state index contributed by atoms with van der Waals surface area (Å²) in [7, 11) is 0. The summed E-state index contributed by atoms with van der Waals surface area (Å²) in [6.07, 6.45) is 4.13. The number of hydrogen-bond acceptors (Lipinski definition) is 1. The lowest BCUT2D eigenvalue weighted by Crippen LogP contribution is -2.36. The van der Waals surface area contributed by atoms with Crippen molar-refractivity contribution in [2.75, 3.05) is 13.1 Å². The van der Waals surface area contributed by atoms with Crippen molar-refractivity contribution < 1.29 is 0 Å².